The van der Waals surface area contributed by atoms with E-state index >= 15 is 0 Å². The second-order valence-electron chi connectivity index (χ2n) is 6.87. The number of hydrogen-bond acceptors (Lipinski definition) is 7. The number of halogens is 2. The van der Waals surface area contributed by atoms with Crippen molar-refractivity contribution in [2.45, 2.75) is 20.0 Å². The molecule has 7 nitrogen and oxygen atoms in total. The first-order valence-corrected chi connectivity index (χ1v) is 9.71. The highest BCUT2D eigenvalue weighted by molar-refractivity contribution is 6.13. The lowest BCUT2D eigenvalue weighted by Gasteiger charge is -2.23. The van der Waals surface area contributed by atoms with Gasteiger partial charge in [0, 0.05) is 59.5 Å². The molecule has 0 unspecified atom stereocenters. The minimum absolute atomic E-state index is 0.166. The van der Waals surface area contributed by atoms with Crippen LogP contribution >= 0.6 is 0 Å². The van der Waals surface area contributed by atoms with Gasteiger partial charge in [0.1, 0.15) is 11.9 Å². The molecular formula is C22H24F2N6O. The number of nitrogen functional groups attached to an aromatic ring is 1. The zero-order valence-corrected chi connectivity index (χ0v) is 17.2. The van der Waals surface area contributed by atoms with Crippen LogP contribution in [0.25, 0.3) is 5.70 Å². The number of nitrogens with one attached hydrogen (secondary N) is 2. The number of aliphatic imine (C=N–C) groups is 1. The molecule has 31 heavy (non-hydrogen) atoms. The second kappa shape index (κ2) is 9.38. The maximum atomic E-state index is 14.1. The SMILES string of the molecule is CCN=C1C(=CN)CN/C(=C\C(=N)F)c2ccc(F)cc2[C@@H](C)Oc2cc1cnc2N. The molecule has 1 aromatic heterocycles. The fraction of sp³-hybridized carbons (Fsp3) is 0.227. The van der Waals surface area contributed by atoms with Crippen molar-refractivity contribution in [2.24, 2.45) is 10.7 Å². The molecule has 2 heterocycles. The van der Waals surface area contributed by atoms with Gasteiger partial charge in [0.2, 0.25) is 5.97 Å². The molecular weight excluding hydrogens is 402 g/mol. The van der Waals surface area contributed by atoms with Gasteiger partial charge in [-0.2, -0.15) is 4.39 Å². The van der Waals surface area contributed by atoms with Crippen molar-refractivity contribution in [3.8, 4) is 5.75 Å². The summed E-state index contributed by atoms with van der Waals surface area (Å²) in [5.41, 5.74) is 14.9. The van der Waals surface area contributed by atoms with E-state index in [0.29, 0.717) is 40.3 Å². The third-order valence-corrected chi connectivity index (χ3v) is 4.76. The summed E-state index contributed by atoms with van der Waals surface area (Å²) < 4.78 is 33.7. The molecule has 162 valence electrons. The number of allylic oxidation sites excluding steroid dienone is 1. The predicted octanol–water partition coefficient (Wildman–Crippen LogP) is 3.49. The minimum Gasteiger partial charge on any atom is -0.482 e. The number of benzene rings is 1. The molecule has 0 saturated heterocycles. The Morgan fingerprint density at radius 3 is 2.87 bits per heavy atom. The van der Waals surface area contributed by atoms with Gasteiger partial charge in [0.15, 0.2) is 11.6 Å². The Labute approximate surface area is 179 Å². The van der Waals surface area contributed by atoms with E-state index in [9.17, 15) is 8.78 Å². The van der Waals surface area contributed by atoms with Crippen molar-refractivity contribution in [1.29, 1.82) is 5.41 Å². The van der Waals surface area contributed by atoms with Gasteiger partial charge < -0.3 is 21.5 Å². The Bertz CT molecular complexity index is 1090. The lowest BCUT2D eigenvalue weighted by molar-refractivity contribution is 0.226. The topological polar surface area (TPSA) is 122 Å². The van der Waals surface area contributed by atoms with Crippen molar-refractivity contribution < 1.29 is 13.5 Å². The maximum Gasteiger partial charge on any atom is 0.207 e. The molecule has 0 radical (unpaired) electrons. The van der Waals surface area contributed by atoms with Gasteiger partial charge in [0.05, 0.1) is 5.71 Å². The molecule has 2 bridgehead atoms. The Morgan fingerprint density at radius 1 is 1.42 bits per heavy atom. The predicted molar refractivity (Wildman–Crippen MR) is 118 cm³/mol. The van der Waals surface area contributed by atoms with E-state index in [-0.39, 0.29) is 18.1 Å². The lowest BCUT2D eigenvalue weighted by atomic mass is 9.98. The van der Waals surface area contributed by atoms with Crippen molar-refractivity contribution >= 4 is 23.2 Å². The number of pyridine rings is 1. The highest BCUT2D eigenvalue weighted by atomic mass is 19.1. The molecule has 1 aliphatic rings. The van der Waals surface area contributed by atoms with Crippen molar-refractivity contribution in [1.82, 2.24) is 10.3 Å². The van der Waals surface area contributed by atoms with Gasteiger partial charge in [-0.1, -0.05) is 0 Å². The van der Waals surface area contributed by atoms with Crippen LogP contribution in [0.5, 0.6) is 5.75 Å². The summed E-state index contributed by atoms with van der Waals surface area (Å²) in [7, 11) is 0. The van der Waals surface area contributed by atoms with Crippen molar-refractivity contribution in [3.05, 3.63) is 70.8 Å². The summed E-state index contributed by atoms with van der Waals surface area (Å²) >= 11 is 0. The monoisotopic (exact) mass is 426 g/mol. The van der Waals surface area contributed by atoms with Gasteiger partial charge in [-0.25, -0.2) is 9.37 Å². The molecule has 1 aromatic carbocycles. The number of aromatic nitrogens is 1. The summed E-state index contributed by atoms with van der Waals surface area (Å²) in [4.78, 5) is 8.75. The summed E-state index contributed by atoms with van der Waals surface area (Å²) in [5, 5.41) is 10.4. The molecule has 0 aliphatic carbocycles. The third-order valence-electron chi connectivity index (χ3n) is 4.76. The normalized spacial score (nSPS) is 20.4. The first kappa shape index (κ1) is 21.9. The number of rotatable bonds is 2. The van der Waals surface area contributed by atoms with E-state index in [4.69, 9.17) is 21.6 Å². The van der Waals surface area contributed by atoms with Crippen LogP contribution in [0.2, 0.25) is 0 Å². The molecule has 6 N–H and O–H groups in total. The van der Waals surface area contributed by atoms with Crippen molar-refractivity contribution in [2.75, 3.05) is 18.8 Å². The van der Waals surface area contributed by atoms with Crippen LogP contribution in [0.1, 0.15) is 36.6 Å². The largest absolute Gasteiger partial charge is 0.482 e. The Kier molecular flexibility index (Phi) is 6.64. The number of anilines is 1. The molecule has 0 saturated carbocycles. The zero-order valence-electron chi connectivity index (χ0n) is 17.2. The quantitative estimate of drug-likeness (QED) is 0.548. The highest BCUT2D eigenvalue weighted by Crippen LogP contribution is 2.32. The van der Waals surface area contributed by atoms with E-state index in [2.05, 4.69) is 15.3 Å². The molecule has 0 spiro atoms. The van der Waals surface area contributed by atoms with E-state index in [0.717, 1.165) is 6.08 Å². The van der Waals surface area contributed by atoms with Crippen LogP contribution in [0.4, 0.5) is 14.6 Å². The van der Waals surface area contributed by atoms with Crippen LogP contribution in [0.15, 0.2) is 53.3 Å². The molecule has 0 fully saturated rings. The zero-order chi connectivity index (χ0) is 22.5. The first-order valence-electron chi connectivity index (χ1n) is 9.71. The molecule has 2 aromatic rings. The molecule has 1 atom stereocenters. The smallest absolute Gasteiger partial charge is 0.207 e. The van der Waals surface area contributed by atoms with Gasteiger partial charge in [-0.05, 0) is 38.1 Å². The fourth-order valence-corrected chi connectivity index (χ4v) is 3.35. The van der Waals surface area contributed by atoms with Crippen LogP contribution in [-0.2, 0) is 0 Å². The number of hydrogen-bond donors (Lipinski definition) is 4. The lowest BCUT2D eigenvalue weighted by Crippen LogP contribution is -2.24. The molecule has 9 heteroatoms. The minimum atomic E-state index is -1.15. The molecule has 3 rings (SSSR count). The first-order chi connectivity index (χ1) is 14.8. The van der Waals surface area contributed by atoms with Crippen LogP contribution in [0.3, 0.4) is 0 Å². The van der Waals surface area contributed by atoms with E-state index < -0.39 is 17.9 Å². The Hall–Kier alpha value is -3.75. The van der Waals surface area contributed by atoms with Gasteiger partial charge in [0.25, 0.3) is 0 Å². The number of ether oxygens (including phenoxy) is 1. The van der Waals surface area contributed by atoms with E-state index in [1.165, 1.54) is 24.4 Å². The standard InChI is InChI=1S/C22H24F2N6O/c1-3-28-21-13-6-19(22(27)30-10-13)31-12(2)17-7-15(23)4-5-16(17)18(8-20(24)26)29-11-14(21)9-25/h4-10,12,26,29H,3,11,25H2,1-2H3,(H2,27,30)/b14-9?,18-8-,26-20?,28-21?/t12-/m1/s1. The van der Waals surface area contributed by atoms with Gasteiger partial charge >= 0.3 is 0 Å². The second-order valence-corrected chi connectivity index (χ2v) is 6.87. The molecule has 1 aliphatic heterocycles. The summed E-state index contributed by atoms with van der Waals surface area (Å²) in [6.07, 6.45) is 3.34. The average molecular weight is 426 g/mol. The summed E-state index contributed by atoms with van der Waals surface area (Å²) in [6, 6.07) is 5.78. The summed E-state index contributed by atoms with van der Waals surface area (Å²) in [5.74, 6) is -1.16. The maximum absolute atomic E-state index is 14.1. The Morgan fingerprint density at radius 2 is 2.19 bits per heavy atom. The Balaban J connectivity index is 2.26. The van der Waals surface area contributed by atoms with Crippen LogP contribution in [0, 0.1) is 11.2 Å². The van der Waals surface area contributed by atoms with Crippen LogP contribution < -0.4 is 21.5 Å². The number of nitrogens with two attached hydrogens (primary N) is 2. The highest BCUT2D eigenvalue weighted by Gasteiger charge is 2.21. The van der Waals surface area contributed by atoms with Crippen molar-refractivity contribution in [3.63, 3.8) is 0 Å². The fourth-order valence-electron chi connectivity index (χ4n) is 3.35. The van der Waals surface area contributed by atoms with Gasteiger partial charge in [-0.15, -0.1) is 0 Å². The average Bonchev–Trinajstić information content (AvgIpc) is 2.73. The number of nitrogens with zero attached hydrogens (tertiary/aromatic N) is 2. The van der Waals surface area contributed by atoms with Crippen LogP contribution in [-0.4, -0.2) is 29.8 Å². The molecule has 0 amide bonds. The van der Waals surface area contributed by atoms with E-state index in [1.54, 1.807) is 19.2 Å². The number of fused-ring (bicyclic) bond motifs is 3. The third kappa shape index (κ3) is 4.88. The van der Waals surface area contributed by atoms with Gasteiger partial charge in [-0.3, -0.25) is 10.4 Å². The summed E-state index contributed by atoms with van der Waals surface area (Å²) in [6.45, 7) is 4.28. The van der Waals surface area contributed by atoms with E-state index in [1.807, 2.05) is 6.92 Å².